The Bertz CT molecular complexity index is 649. The zero-order valence-electron chi connectivity index (χ0n) is 14.0. The highest BCUT2D eigenvalue weighted by Gasteiger charge is 2.16. The number of nitrogens with one attached hydrogen (secondary N) is 2. The molecule has 124 valence electrons. The lowest BCUT2D eigenvalue weighted by atomic mass is 10.0. The summed E-state index contributed by atoms with van der Waals surface area (Å²) < 4.78 is 0. The molecule has 1 aliphatic heterocycles. The first-order chi connectivity index (χ1) is 11.2. The number of nitrogens with zero attached hydrogens (tertiary/aromatic N) is 1. The summed E-state index contributed by atoms with van der Waals surface area (Å²) in [5.74, 6) is 0.941. The first kappa shape index (κ1) is 16.1. The van der Waals surface area contributed by atoms with Gasteiger partial charge in [-0.15, -0.1) is 0 Å². The zero-order valence-corrected chi connectivity index (χ0v) is 14.0. The number of hydrogen-bond acceptors (Lipinski definition) is 2. The number of carbonyl (C=O) groups excluding carboxylic acids is 1. The number of hydrogen-bond donors (Lipinski definition) is 2. The van der Waals surface area contributed by atoms with Gasteiger partial charge in [-0.3, -0.25) is 4.79 Å². The van der Waals surface area contributed by atoms with Crippen molar-refractivity contribution in [2.75, 3.05) is 26.2 Å². The number of carbonyl (C=O) groups is 1. The summed E-state index contributed by atoms with van der Waals surface area (Å²) in [4.78, 5) is 17.7. The first-order valence-corrected chi connectivity index (χ1v) is 8.76. The van der Waals surface area contributed by atoms with Crippen LogP contribution >= 0.6 is 0 Å². The van der Waals surface area contributed by atoms with E-state index in [4.69, 9.17) is 0 Å². The van der Waals surface area contributed by atoms with Crippen LogP contribution in [-0.4, -0.2) is 42.0 Å². The number of piperidine rings is 1. The molecule has 4 heteroatoms. The Morgan fingerprint density at radius 1 is 1.39 bits per heavy atom. The van der Waals surface area contributed by atoms with Crippen LogP contribution in [0.3, 0.4) is 0 Å². The number of fused-ring (bicyclic) bond motifs is 1. The molecule has 2 aromatic rings. The molecule has 1 aromatic heterocycles. The van der Waals surface area contributed by atoms with Crippen molar-refractivity contribution in [2.24, 2.45) is 5.92 Å². The zero-order chi connectivity index (χ0) is 16.1. The Morgan fingerprint density at radius 3 is 3.13 bits per heavy atom. The van der Waals surface area contributed by atoms with Gasteiger partial charge in [0.1, 0.15) is 0 Å². The average molecular weight is 313 g/mol. The van der Waals surface area contributed by atoms with Crippen LogP contribution in [0.25, 0.3) is 10.9 Å². The number of benzene rings is 1. The maximum Gasteiger partial charge on any atom is 0.221 e. The molecule has 0 saturated carbocycles. The van der Waals surface area contributed by atoms with Gasteiger partial charge in [-0.1, -0.05) is 25.1 Å². The lowest BCUT2D eigenvalue weighted by Gasteiger charge is -2.30. The van der Waals surface area contributed by atoms with Crippen molar-refractivity contribution in [1.29, 1.82) is 0 Å². The van der Waals surface area contributed by atoms with Crippen LogP contribution in [0.1, 0.15) is 31.7 Å². The lowest BCUT2D eigenvalue weighted by molar-refractivity contribution is -0.121. The molecular formula is C19H27N3O. The minimum absolute atomic E-state index is 0.170. The van der Waals surface area contributed by atoms with Gasteiger partial charge in [-0.2, -0.15) is 0 Å². The van der Waals surface area contributed by atoms with E-state index in [1.54, 1.807) is 0 Å². The number of aromatic nitrogens is 1. The van der Waals surface area contributed by atoms with E-state index < -0.39 is 0 Å². The second kappa shape index (κ2) is 7.64. The number of H-pyrrole nitrogens is 1. The predicted octanol–water partition coefficient (Wildman–Crippen LogP) is 2.95. The summed E-state index contributed by atoms with van der Waals surface area (Å²) in [5.41, 5.74) is 2.43. The van der Waals surface area contributed by atoms with Gasteiger partial charge in [0.15, 0.2) is 0 Å². The van der Waals surface area contributed by atoms with Gasteiger partial charge >= 0.3 is 0 Å². The van der Waals surface area contributed by atoms with Gasteiger partial charge < -0.3 is 15.2 Å². The van der Waals surface area contributed by atoms with Crippen LogP contribution in [0.15, 0.2) is 30.5 Å². The average Bonchev–Trinajstić information content (AvgIpc) is 2.97. The minimum Gasteiger partial charge on any atom is -0.361 e. The molecular weight excluding hydrogens is 286 g/mol. The Balaban J connectivity index is 1.39. The molecule has 3 rings (SSSR count). The van der Waals surface area contributed by atoms with Crippen molar-refractivity contribution in [2.45, 2.75) is 32.6 Å². The molecule has 0 aliphatic carbocycles. The summed E-state index contributed by atoms with van der Waals surface area (Å²) in [6, 6.07) is 8.29. The molecule has 1 amide bonds. The molecule has 4 nitrogen and oxygen atoms in total. The van der Waals surface area contributed by atoms with Gasteiger partial charge in [0.2, 0.25) is 5.91 Å². The quantitative estimate of drug-likeness (QED) is 0.861. The van der Waals surface area contributed by atoms with E-state index in [2.05, 4.69) is 40.3 Å². The summed E-state index contributed by atoms with van der Waals surface area (Å²) >= 11 is 0. The van der Waals surface area contributed by atoms with Crippen molar-refractivity contribution < 1.29 is 4.79 Å². The molecule has 1 fully saturated rings. The highest BCUT2D eigenvalue weighted by atomic mass is 16.1. The standard InChI is InChI=1S/C19H27N3O/c1-15-5-4-11-22(14-15)12-9-19(23)20-10-8-16-13-21-18-7-3-2-6-17(16)18/h2-3,6-7,13,15,21H,4-5,8-12,14H2,1H3,(H,20,23). The van der Waals surface area contributed by atoms with Crippen molar-refractivity contribution in [1.82, 2.24) is 15.2 Å². The van der Waals surface area contributed by atoms with E-state index in [0.717, 1.165) is 37.5 Å². The van der Waals surface area contributed by atoms with Crippen LogP contribution in [0.2, 0.25) is 0 Å². The van der Waals surface area contributed by atoms with Crippen molar-refractivity contribution in [3.63, 3.8) is 0 Å². The second-order valence-electron chi connectivity index (χ2n) is 6.76. The van der Waals surface area contributed by atoms with Crippen molar-refractivity contribution >= 4 is 16.8 Å². The fourth-order valence-corrected chi connectivity index (χ4v) is 3.51. The largest absolute Gasteiger partial charge is 0.361 e. The minimum atomic E-state index is 0.170. The van der Waals surface area contributed by atoms with Crippen molar-refractivity contribution in [3.05, 3.63) is 36.0 Å². The van der Waals surface area contributed by atoms with Gasteiger partial charge in [-0.05, 0) is 43.4 Å². The Labute approximate surface area is 138 Å². The van der Waals surface area contributed by atoms with Gasteiger partial charge in [0.05, 0.1) is 0 Å². The van der Waals surface area contributed by atoms with Crippen LogP contribution in [0, 0.1) is 5.92 Å². The smallest absolute Gasteiger partial charge is 0.221 e. The third-order valence-corrected chi connectivity index (χ3v) is 4.79. The van der Waals surface area contributed by atoms with E-state index in [9.17, 15) is 4.79 Å². The van der Waals surface area contributed by atoms with E-state index in [1.165, 1.54) is 23.8 Å². The van der Waals surface area contributed by atoms with Gasteiger partial charge in [-0.25, -0.2) is 0 Å². The molecule has 2 heterocycles. The number of likely N-dealkylation sites (tertiary alicyclic amines) is 1. The summed E-state index contributed by atoms with van der Waals surface area (Å²) in [7, 11) is 0. The number of aromatic amines is 1. The Hall–Kier alpha value is -1.81. The topological polar surface area (TPSA) is 48.1 Å². The monoisotopic (exact) mass is 313 g/mol. The molecule has 0 spiro atoms. The molecule has 0 radical (unpaired) electrons. The lowest BCUT2D eigenvalue weighted by Crippen LogP contribution is -2.37. The first-order valence-electron chi connectivity index (χ1n) is 8.76. The number of para-hydroxylation sites is 1. The molecule has 1 unspecified atom stereocenters. The fourth-order valence-electron chi connectivity index (χ4n) is 3.51. The Kier molecular flexibility index (Phi) is 5.34. The van der Waals surface area contributed by atoms with E-state index in [-0.39, 0.29) is 5.91 Å². The number of rotatable bonds is 6. The van der Waals surface area contributed by atoms with Gasteiger partial charge in [0.25, 0.3) is 0 Å². The normalized spacial score (nSPS) is 19.1. The van der Waals surface area contributed by atoms with Gasteiger partial charge in [0, 0.05) is 43.2 Å². The highest BCUT2D eigenvalue weighted by Crippen LogP contribution is 2.18. The van der Waals surface area contributed by atoms with Crippen LogP contribution < -0.4 is 5.32 Å². The summed E-state index contributed by atoms with van der Waals surface area (Å²) in [6.45, 7) is 6.18. The molecule has 23 heavy (non-hydrogen) atoms. The molecule has 0 bridgehead atoms. The molecule has 1 atom stereocenters. The third-order valence-electron chi connectivity index (χ3n) is 4.79. The molecule has 1 aliphatic rings. The molecule has 1 saturated heterocycles. The van der Waals surface area contributed by atoms with E-state index >= 15 is 0 Å². The van der Waals surface area contributed by atoms with Crippen LogP contribution in [-0.2, 0) is 11.2 Å². The van der Waals surface area contributed by atoms with Crippen molar-refractivity contribution in [3.8, 4) is 0 Å². The fraction of sp³-hybridized carbons (Fsp3) is 0.526. The van der Waals surface area contributed by atoms with Crippen LogP contribution in [0.4, 0.5) is 0 Å². The maximum absolute atomic E-state index is 12.0. The van der Waals surface area contributed by atoms with E-state index in [1.807, 2.05) is 12.3 Å². The summed E-state index contributed by atoms with van der Waals surface area (Å²) in [5, 5.41) is 4.31. The maximum atomic E-state index is 12.0. The Morgan fingerprint density at radius 2 is 2.26 bits per heavy atom. The third kappa shape index (κ3) is 4.35. The molecule has 2 N–H and O–H groups in total. The predicted molar refractivity (Wildman–Crippen MR) is 94.5 cm³/mol. The van der Waals surface area contributed by atoms with Crippen LogP contribution in [0.5, 0.6) is 0 Å². The SMILES string of the molecule is CC1CCCN(CCC(=O)NCCc2c[nH]c3ccccc23)C1. The van der Waals surface area contributed by atoms with E-state index in [0.29, 0.717) is 13.0 Å². The number of amides is 1. The second-order valence-corrected chi connectivity index (χ2v) is 6.76. The highest BCUT2D eigenvalue weighted by molar-refractivity contribution is 5.83. The molecule has 1 aromatic carbocycles. The summed E-state index contributed by atoms with van der Waals surface area (Å²) in [6.07, 6.45) is 6.12.